The molecule has 4 fully saturated rings. The van der Waals surface area contributed by atoms with E-state index in [4.69, 9.17) is 9.47 Å². The second-order valence-corrected chi connectivity index (χ2v) is 16.8. The second-order valence-electron chi connectivity index (χ2n) is 16.8. The largest absolute Gasteiger partial charge is 0.390 e. The van der Waals surface area contributed by atoms with Crippen LogP contribution in [-0.4, -0.2) is 41.8 Å². The standard InChI is InChI=1S/C35H58N2O5/c1-31(2,38)16-9-8-10-23-15-17-35(7)28-13-11-26-27(33(28,5)18-19-34(23,35)6)12-14-29(32(26,3)4)42-30-21-24(37-40)20-25(41-30)22-36-39/h11,23-25,27-30,38H,8-10,12-22H2,1-7H3/t23?,24-,25-,27?,28?,29-,30-,33-,34+,35-/m0/s1. The van der Waals surface area contributed by atoms with Crippen LogP contribution in [0.2, 0.25) is 0 Å². The molecule has 42 heavy (non-hydrogen) atoms. The van der Waals surface area contributed by atoms with Gasteiger partial charge in [-0.15, -0.1) is 0 Å². The lowest BCUT2D eigenvalue weighted by molar-refractivity contribution is -0.237. The molecular weight excluding hydrogens is 528 g/mol. The Morgan fingerprint density at radius 1 is 1.00 bits per heavy atom. The Balaban J connectivity index is 1.30. The number of ether oxygens (including phenoxy) is 2. The highest BCUT2D eigenvalue weighted by Crippen LogP contribution is 2.74. The Labute approximate surface area is 254 Å². The first kappa shape index (κ1) is 32.2. The fraction of sp³-hybridized carbons (Fsp3) is 0.943. The number of rotatable bonds is 10. The first-order chi connectivity index (χ1) is 19.7. The summed E-state index contributed by atoms with van der Waals surface area (Å²) in [5.74, 6) is 2.06. The zero-order valence-electron chi connectivity index (χ0n) is 27.5. The van der Waals surface area contributed by atoms with Gasteiger partial charge in [-0.1, -0.05) is 69.5 Å². The minimum absolute atomic E-state index is 0.00425. The van der Waals surface area contributed by atoms with E-state index in [1.807, 2.05) is 13.8 Å². The molecule has 10 atom stereocenters. The molecule has 3 saturated carbocycles. The molecule has 7 nitrogen and oxygen atoms in total. The van der Waals surface area contributed by atoms with Crippen molar-refractivity contribution >= 4 is 0 Å². The molecule has 3 unspecified atom stereocenters. The van der Waals surface area contributed by atoms with Crippen LogP contribution < -0.4 is 0 Å². The minimum Gasteiger partial charge on any atom is -0.390 e. The molecule has 0 radical (unpaired) electrons. The molecule has 0 aromatic carbocycles. The SMILES string of the molecule is CC(C)(O)CCCCC1CC[C@@]2(C)C3CC=C4C(CC[C@H](O[C@H]5C[C@@H](N=O)C[C@@H](CN=O)O5)C4(C)C)[C@]3(C)CC[C@]12C. The topological polar surface area (TPSA) is 97.5 Å². The van der Waals surface area contributed by atoms with Gasteiger partial charge < -0.3 is 14.6 Å². The lowest BCUT2D eigenvalue weighted by Crippen LogP contribution is -2.59. The molecule has 238 valence electrons. The monoisotopic (exact) mass is 586 g/mol. The van der Waals surface area contributed by atoms with Crippen molar-refractivity contribution in [3.8, 4) is 0 Å². The van der Waals surface area contributed by atoms with E-state index in [2.05, 4.69) is 51.0 Å². The summed E-state index contributed by atoms with van der Waals surface area (Å²) in [5.41, 5.74) is 1.93. The molecule has 1 aliphatic heterocycles. The van der Waals surface area contributed by atoms with Crippen LogP contribution in [0.3, 0.4) is 0 Å². The van der Waals surface area contributed by atoms with Gasteiger partial charge in [-0.05, 0) is 106 Å². The van der Waals surface area contributed by atoms with Crippen LogP contribution >= 0.6 is 0 Å². The Kier molecular flexibility index (Phi) is 8.92. The second kappa shape index (κ2) is 11.6. The molecule has 0 bridgehead atoms. The summed E-state index contributed by atoms with van der Waals surface area (Å²) >= 11 is 0. The van der Waals surface area contributed by atoms with Gasteiger partial charge in [0.2, 0.25) is 0 Å². The number of aliphatic hydroxyl groups is 1. The smallest absolute Gasteiger partial charge is 0.160 e. The molecule has 5 rings (SSSR count). The molecular formula is C35H58N2O5. The number of nitroso groups, excluding NO2 is 2. The van der Waals surface area contributed by atoms with E-state index in [1.165, 1.54) is 38.5 Å². The summed E-state index contributed by atoms with van der Waals surface area (Å²) in [4.78, 5) is 22.3. The third-order valence-electron chi connectivity index (χ3n) is 13.7. The molecule has 1 N–H and O–H groups in total. The van der Waals surface area contributed by atoms with E-state index in [-0.39, 0.29) is 18.1 Å². The summed E-state index contributed by atoms with van der Waals surface area (Å²) in [6, 6.07) is -0.391. The molecule has 1 saturated heterocycles. The van der Waals surface area contributed by atoms with E-state index < -0.39 is 24.0 Å². The maximum atomic E-state index is 11.4. The van der Waals surface area contributed by atoms with E-state index in [1.54, 1.807) is 5.57 Å². The van der Waals surface area contributed by atoms with Gasteiger partial charge in [0.1, 0.15) is 6.54 Å². The number of unbranched alkanes of at least 4 members (excludes halogenated alkanes) is 1. The van der Waals surface area contributed by atoms with Crippen LogP contribution in [0.1, 0.15) is 132 Å². The van der Waals surface area contributed by atoms with Crippen LogP contribution in [0.25, 0.3) is 0 Å². The summed E-state index contributed by atoms with van der Waals surface area (Å²) in [7, 11) is 0. The number of hydrogen-bond acceptors (Lipinski definition) is 7. The molecule has 4 aliphatic carbocycles. The van der Waals surface area contributed by atoms with Gasteiger partial charge in [-0.25, -0.2) is 0 Å². The summed E-state index contributed by atoms with van der Waals surface area (Å²) in [6.07, 6.45) is 15.7. The zero-order valence-corrected chi connectivity index (χ0v) is 27.5. The maximum absolute atomic E-state index is 11.4. The van der Waals surface area contributed by atoms with E-state index >= 15 is 0 Å². The van der Waals surface area contributed by atoms with Gasteiger partial charge in [-0.2, -0.15) is 9.81 Å². The average molecular weight is 587 g/mol. The van der Waals surface area contributed by atoms with Gasteiger partial charge in [0, 0.05) is 18.3 Å². The van der Waals surface area contributed by atoms with Crippen molar-refractivity contribution < 1.29 is 14.6 Å². The number of allylic oxidation sites excluding steroid dienone is 1. The highest BCUT2D eigenvalue weighted by atomic mass is 16.7. The van der Waals surface area contributed by atoms with Crippen molar-refractivity contribution in [3.63, 3.8) is 0 Å². The molecule has 0 spiro atoms. The van der Waals surface area contributed by atoms with Gasteiger partial charge in [0.25, 0.3) is 0 Å². The van der Waals surface area contributed by atoms with Crippen molar-refractivity contribution in [1.29, 1.82) is 0 Å². The number of nitrogens with zero attached hydrogens (tertiary/aromatic N) is 2. The van der Waals surface area contributed by atoms with Gasteiger partial charge in [0.05, 0.1) is 23.9 Å². The first-order valence-corrected chi connectivity index (χ1v) is 17.0. The van der Waals surface area contributed by atoms with Crippen molar-refractivity contribution in [2.75, 3.05) is 6.54 Å². The van der Waals surface area contributed by atoms with Crippen molar-refractivity contribution in [2.45, 2.75) is 162 Å². The van der Waals surface area contributed by atoms with E-state index in [9.17, 15) is 14.9 Å². The van der Waals surface area contributed by atoms with Gasteiger partial charge >= 0.3 is 0 Å². The molecule has 7 heteroatoms. The maximum Gasteiger partial charge on any atom is 0.160 e. The van der Waals surface area contributed by atoms with Gasteiger partial charge in [0.15, 0.2) is 6.29 Å². The zero-order chi connectivity index (χ0) is 30.6. The Morgan fingerprint density at radius 3 is 2.45 bits per heavy atom. The predicted molar refractivity (Wildman–Crippen MR) is 167 cm³/mol. The highest BCUT2D eigenvalue weighted by Gasteiger charge is 2.66. The molecule has 5 aliphatic rings. The summed E-state index contributed by atoms with van der Waals surface area (Å²) < 4.78 is 12.7. The Bertz CT molecular complexity index is 1040. The predicted octanol–water partition coefficient (Wildman–Crippen LogP) is 8.71. The first-order valence-electron chi connectivity index (χ1n) is 17.0. The van der Waals surface area contributed by atoms with E-state index in [0.29, 0.717) is 40.9 Å². The van der Waals surface area contributed by atoms with Crippen LogP contribution in [0.5, 0.6) is 0 Å². The Morgan fingerprint density at radius 2 is 1.76 bits per heavy atom. The number of fused-ring (bicyclic) bond motifs is 5. The average Bonchev–Trinajstić information content (AvgIpc) is 3.18. The van der Waals surface area contributed by atoms with Crippen LogP contribution in [0, 0.1) is 49.2 Å². The van der Waals surface area contributed by atoms with Crippen LogP contribution in [0.15, 0.2) is 22.0 Å². The molecule has 0 aromatic rings. The third-order valence-corrected chi connectivity index (χ3v) is 13.7. The fourth-order valence-electron chi connectivity index (χ4n) is 10.9. The van der Waals surface area contributed by atoms with Crippen molar-refractivity contribution in [2.24, 2.45) is 49.8 Å². The minimum atomic E-state index is -0.556. The summed E-state index contributed by atoms with van der Waals surface area (Å²) in [6.45, 7) is 16.5. The van der Waals surface area contributed by atoms with Gasteiger partial charge in [-0.3, -0.25) is 0 Å². The fourth-order valence-corrected chi connectivity index (χ4v) is 10.9. The third kappa shape index (κ3) is 5.57. The molecule has 1 heterocycles. The Hall–Kier alpha value is -1.18. The number of hydrogen-bond donors (Lipinski definition) is 1. The molecule has 0 amide bonds. The lowest BCUT2D eigenvalue weighted by atomic mass is 9.39. The summed E-state index contributed by atoms with van der Waals surface area (Å²) in [5, 5.41) is 16.5. The van der Waals surface area contributed by atoms with Crippen LogP contribution in [0.4, 0.5) is 0 Å². The normalized spacial score (nSPS) is 44.9. The quantitative estimate of drug-likeness (QED) is 0.157. The van der Waals surface area contributed by atoms with Crippen molar-refractivity contribution in [3.05, 3.63) is 21.5 Å². The lowest BCUT2D eigenvalue weighted by Gasteiger charge is -2.66. The van der Waals surface area contributed by atoms with E-state index in [0.717, 1.165) is 38.0 Å². The van der Waals surface area contributed by atoms with Crippen LogP contribution in [-0.2, 0) is 9.47 Å². The van der Waals surface area contributed by atoms with Crippen molar-refractivity contribution in [1.82, 2.24) is 0 Å². The molecule has 0 aromatic heterocycles. The highest BCUT2D eigenvalue weighted by molar-refractivity contribution is 5.30.